The lowest BCUT2D eigenvalue weighted by atomic mass is 10.00. The second-order valence-electron chi connectivity index (χ2n) is 6.07. The molecule has 4 heteroatoms. The summed E-state index contributed by atoms with van der Waals surface area (Å²) in [5.74, 6) is 0.0544. The van der Waals surface area contributed by atoms with E-state index in [2.05, 4.69) is 17.1 Å². The predicted octanol–water partition coefficient (Wildman–Crippen LogP) is 3.65. The van der Waals surface area contributed by atoms with Crippen molar-refractivity contribution in [1.29, 1.82) is 0 Å². The van der Waals surface area contributed by atoms with Crippen LogP contribution in [0.5, 0.6) is 0 Å². The van der Waals surface area contributed by atoms with E-state index in [0.29, 0.717) is 11.4 Å². The highest BCUT2D eigenvalue weighted by Crippen LogP contribution is 2.19. The monoisotopic (exact) mass is 322 g/mol. The second-order valence-corrected chi connectivity index (χ2v) is 6.47. The van der Waals surface area contributed by atoms with Gasteiger partial charge in [0.1, 0.15) is 0 Å². The van der Waals surface area contributed by atoms with Crippen molar-refractivity contribution in [2.45, 2.75) is 51.5 Å². The van der Waals surface area contributed by atoms with Gasteiger partial charge in [-0.25, -0.2) is 0 Å². The van der Waals surface area contributed by atoms with Gasteiger partial charge in [-0.2, -0.15) is 0 Å². The zero-order valence-electron chi connectivity index (χ0n) is 13.5. The van der Waals surface area contributed by atoms with E-state index in [-0.39, 0.29) is 5.91 Å². The minimum Gasteiger partial charge on any atom is -0.356 e. The smallest absolute Gasteiger partial charge is 0.224 e. The maximum absolute atomic E-state index is 12.0. The third-order valence-electron chi connectivity index (χ3n) is 4.47. The van der Waals surface area contributed by atoms with Crippen LogP contribution in [0.2, 0.25) is 5.02 Å². The summed E-state index contributed by atoms with van der Waals surface area (Å²) < 4.78 is 0. The average molecular weight is 323 g/mol. The Balaban J connectivity index is 1.66. The fourth-order valence-corrected chi connectivity index (χ4v) is 3.41. The Hall–Kier alpha value is -1.06. The van der Waals surface area contributed by atoms with Crippen LogP contribution in [0.15, 0.2) is 24.3 Å². The molecule has 1 atom stereocenters. The van der Waals surface area contributed by atoms with Gasteiger partial charge in [0.25, 0.3) is 0 Å². The number of hydrogen-bond acceptors (Lipinski definition) is 2. The first-order chi connectivity index (χ1) is 10.7. The predicted molar refractivity (Wildman–Crippen MR) is 92.3 cm³/mol. The lowest BCUT2D eigenvalue weighted by Crippen LogP contribution is -2.40. The number of benzene rings is 1. The minimum absolute atomic E-state index is 0.0544. The van der Waals surface area contributed by atoms with E-state index in [9.17, 15) is 4.79 Å². The molecular formula is C18H27ClN2O. The molecule has 1 fully saturated rings. The highest BCUT2D eigenvalue weighted by atomic mass is 35.5. The zero-order valence-corrected chi connectivity index (χ0v) is 14.2. The summed E-state index contributed by atoms with van der Waals surface area (Å²) in [6, 6.07) is 8.27. The van der Waals surface area contributed by atoms with Crippen molar-refractivity contribution in [3.8, 4) is 0 Å². The Labute approximate surface area is 139 Å². The number of carbonyl (C=O) groups is 1. The molecule has 1 unspecified atom stereocenters. The fourth-order valence-electron chi connectivity index (χ4n) is 3.20. The normalized spacial score (nSPS) is 19.1. The van der Waals surface area contributed by atoms with Gasteiger partial charge in [0, 0.05) is 24.2 Å². The largest absolute Gasteiger partial charge is 0.356 e. The molecule has 0 radical (unpaired) electrons. The van der Waals surface area contributed by atoms with Crippen LogP contribution in [-0.2, 0) is 11.2 Å². The molecule has 2 rings (SSSR count). The Morgan fingerprint density at radius 3 is 2.95 bits per heavy atom. The molecule has 0 aliphatic carbocycles. The molecule has 1 amide bonds. The van der Waals surface area contributed by atoms with Crippen molar-refractivity contribution in [2.24, 2.45) is 0 Å². The summed E-state index contributed by atoms with van der Waals surface area (Å²) in [5.41, 5.74) is 0.892. The Bertz CT molecular complexity index is 478. The first-order valence-electron chi connectivity index (χ1n) is 8.45. The van der Waals surface area contributed by atoms with Crippen molar-refractivity contribution in [2.75, 3.05) is 19.6 Å². The molecule has 3 nitrogen and oxygen atoms in total. The summed E-state index contributed by atoms with van der Waals surface area (Å²) in [5, 5.41) is 3.67. The second kappa shape index (κ2) is 9.16. The van der Waals surface area contributed by atoms with Crippen LogP contribution in [0.1, 0.15) is 44.6 Å². The first kappa shape index (κ1) is 17.3. The van der Waals surface area contributed by atoms with Gasteiger partial charge in [-0.3, -0.25) is 4.79 Å². The molecule has 122 valence electrons. The average Bonchev–Trinajstić information content (AvgIpc) is 2.54. The molecule has 0 spiro atoms. The van der Waals surface area contributed by atoms with Crippen LogP contribution < -0.4 is 5.32 Å². The molecule has 1 aliphatic rings. The van der Waals surface area contributed by atoms with Crippen LogP contribution in [0.4, 0.5) is 0 Å². The number of halogens is 1. The highest BCUT2D eigenvalue weighted by Gasteiger charge is 2.19. The van der Waals surface area contributed by atoms with Gasteiger partial charge in [-0.1, -0.05) is 43.1 Å². The highest BCUT2D eigenvalue weighted by molar-refractivity contribution is 6.31. The quantitative estimate of drug-likeness (QED) is 0.777. The van der Waals surface area contributed by atoms with Gasteiger partial charge in [0.2, 0.25) is 5.91 Å². The molecule has 1 N–H and O–H groups in total. The van der Waals surface area contributed by atoms with Crippen LogP contribution in [0.3, 0.4) is 0 Å². The number of hydrogen-bond donors (Lipinski definition) is 1. The van der Waals surface area contributed by atoms with Gasteiger partial charge in [0.15, 0.2) is 0 Å². The van der Waals surface area contributed by atoms with Crippen molar-refractivity contribution < 1.29 is 4.79 Å². The van der Waals surface area contributed by atoms with E-state index in [0.717, 1.165) is 31.1 Å². The lowest BCUT2D eigenvalue weighted by Gasteiger charge is -2.35. The number of piperidine rings is 1. The Kier molecular flexibility index (Phi) is 7.20. The number of carbonyl (C=O) groups excluding carboxylic acids is 1. The summed E-state index contributed by atoms with van der Waals surface area (Å²) in [6.07, 6.45) is 6.62. The number of rotatable bonds is 7. The topological polar surface area (TPSA) is 32.3 Å². The molecule has 0 bridgehead atoms. The van der Waals surface area contributed by atoms with Crippen LogP contribution in [0.25, 0.3) is 0 Å². The minimum atomic E-state index is 0.0544. The number of nitrogens with zero attached hydrogens (tertiary/aromatic N) is 1. The molecule has 0 aromatic heterocycles. The van der Waals surface area contributed by atoms with Crippen molar-refractivity contribution in [3.05, 3.63) is 34.9 Å². The van der Waals surface area contributed by atoms with Gasteiger partial charge in [0.05, 0.1) is 6.42 Å². The van der Waals surface area contributed by atoms with E-state index in [1.165, 1.54) is 32.2 Å². The van der Waals surface area contributed by atoms with E-state index in [1.807, 2.05) is 24.3 Å². The van der Waals surface area contributed by atoms with Gasteiger partial charge < -0.3 is 10.2 Å². The van der Waals surface area contributed by atoms with Crippen molar-refractivity contribution in [1.82, 2.24) is 10.2 Å². The van der Waals surface area contributed by atoms with Crippen LogP contribution in [0, 0.1) is 0 Å². The van der Waals surface area contributed by atoms with E-state index < -0.39 is 0 Å². The zero-order chi connectivity index (χ0) is 15.8. The standard InChI is InChI=1S/C18H27ClN2O/c1-2-16-9-5-6-12-21(16)13-7-11-20-18(22)14-15-8-3-4-10-17(15)19/h3-4,8,10,16H,2,5-7,9,11-14H2,1H3,(H,20,22). The molecule has 22 heavy (non-hydrogen) atoms. The molecule has 1 aromatic carbocycles. The van der Waals surface area contributed by atoms with Crippen LogP contribution in [-0.4, -0.2) is 36.5 Å². The lowest BCUT2D eigenvalue weighted by molar-refractivity contribution is -0.120. The number of likely N-dealkylation sites (tertiary alicyclic amines) is 1. The van der Waals surface area contributed by atoms with E-state index in [1.54, 1.807) is 0 Å². The van der Waals surface area contributed by atoms with Gasteiger partial charge in [-0.15, -0.1) is 0 Å². The summed E-state index contributed by atoms with van der Waals surface area (Å²) in [7, 11) is 0. The summed E-state index contributed by atoms with van der Waals surface area (Å²) in [6.45, 7) is 5.32. The van der Waals surface area contributed by atoms with E-state index >= 15 is 0 Å². The maximum atomic E-state index is 12.0. The molecule has 0 saturated carbocycles. The number of amides is 1. The first-order valence-corrected chi connectivity index (χ1v) is 8.82. The number of nitrogens with one attached hydrogen (secondary N) is 1. The maximum Gasteiger partial charge on any atom is 0.224 e. The fraction of sp³-hybridized carbons (Fsp3) is 0.611. The molecule has 1 heterocycles. The Morgan fingerprint density at radius 1 is 1.36 bits per heavy atom. The molecule has 1 aliphatic heterocycles. The Morgan fingerprint density at radius 2 is 2.18 bits per heavy atom. The SMILES string of the molecule is CCC1CCCCN1CCCNC(=O)Cc1ccccc1Cl. The molecule has 1 aromatic rings. The van der Waals surface area contributed by atoms with Crippen LogP contribution >= 0.6 is 11.6 Å². The third kappa shape index (κ3) is 5.29. The van der Waals surface area contributed by atoms with Gasteiger partial charge in [-0.05, 0) is 43.9 Å². The van der Waals surface area contributed by atoms with Crippen molar-refractivity contribution in [3.63, 3.8) is 0 Å². The van der Waals surface area contributed by atoms with Gasteiger partial charge >= 0.3 is 0 Å². The molecule has 1 saturated heterocycles. The summed E-state index contributed by atoms with van der Waals surface area (Å²) >= 11 is 6.08. The van der Waals surface area contributed by atoms with Crippen molar-refractivity contribution >= 4 is 17.5 Å². The summed E-state index contributed by atoms with van der Waals surface area (Å²) in [4.78, 5) is 14.5. The third-order valence-corrected chi connectivity index (χ3v) is 4.84. The van der Waals surface area contributed by atoms with E-state index in [4.69, 9.17) is 11.6 Å². The molecular weight excluding hydrogens is 296 g/mol.